The summed E-state index contributed by atoms with van der Waals surface area (Å²) in [5.41, 5.74) is 0.844. The quantitative estimate of drug-likeness (QED) is 0.585. The molecule has 0 saturated heterocycles. The first kappa shape index (κ1) is 6.78. The van der Waals surface area contributed by atoms with Crippen LogP contribution in [0.25, 0.3) is 0 Å². The van der Waals surface area contributed by atoms with Crippen LogP contribution in [0.2, 0.25) is 10.3 Å². The summed E-state index contributed by atoms with van der Waals surface area (Å²) in [5, 5.41) is 7.86. The lowest BCUT2D eigenvalue weighted by molar-refractivity contribution is 1.02. The zero-order valence-corrected chi connectivity index (χ0v) is 6.24. The second-order valence-electron chi connectivity index (χ2n) is 1.64. The number of aryl methyl sites for hydroxylation is 1. The van der Waals surface area contributed by atoms with E-state index in [9.17, 15) is 0 Å². The molecule has 0 spiro atoms. The largest absolute Gasteiger partial charge is 0.154 e. The van der Waals surface area contributed by atoms with E-state index >= 15 is 0 Å². The van der Waals surface area contributed by atoms with Crippen LogP contribution in [0.15, 0.2) is 6.07 Å². The molecule has 2 nitrogen and oxygen atoms in total. The molecule has 1 aromatic heterocycles. The molecule has 0 saturated carbocycles. The molecule has 0 unspecified atom stereocenters. The lowest BCUT2D eigenvalue weighted by Gasteiger charge is -1.92. The lowest BCUT2D eigenvalue weighted by atomic mass is 10.4. The highest BCUT2D eigenvalue weighted by Gasteiger charge is 1.96. The Bertz CT molecular complexity index is 224. The normalized spacial score (nSPS) is 9.67. The third-order valence-corrected chi connectivity index (χ3v) is 1.45. The van der Waals surface area contributed by atoms with Gasteiger partial charge in [-0.2, -0.15) is 0 Å². The minimum atomic E-state index is 0.372. The highest BCUT2D eigenvalue weighted by atomic mass is 35.5. The van der Waals surface area contributed by atoms with Gasteiger partial charge in [-0.25, -0.2) is 0 Å². The molecule has 4 heteroatoms. The van der Waals surface area contributed by atoms with Crippen LogP contribution >= 0.6 is 23.2 Å². The fourth-order valence-electron chi connectivity index (χ4n) is 0.438. The Morgan fingerprint density at radius 2 is 2.00 bits per heavy atom. The van der Waals surface area contributed by atoms with Crippen molar-refractivity contribution in [1.82, 2.24) is 10.2 Å². The summed E-state index contributed by atoms with van der Waals surface area (Å²) in [6.07, 6.45) is 0. The van der Waals surface area contributed by atoms with Gasteiger partial charge >= 0.3 is 0 Å². The predicted molar refractivity (Wildman–Crippen MR) is 36.8 cm³/mol. The summed E-state index contributed by atoms with van der Waals surface area (Å²) in [6, 6.07) is 1.66. The molecule has 0 aliphatic carbocycles. The van der Waals surface area contributed by atoms with E-state index in [1.54, 1.807) is 6.07 Å². The van der Waals surface area contributed by atoms with Crippen molar-refractivity contribution in [1.29, 1.82) is 0 Å². The molecule has 9 heavy (non-hydrogen) atoms. The summed E-state index contributed by atoms with van der Waals surface area (Å²) < 4.78 is 0. The molecule has 0 N–H and O–H groups in total. The van der Waals surface area contributed by atoms with Gasteiger partial charge in [0.05, 0.1) is 0 Å². The molecule has 0 atom stereocenters. The first-order chi connectivity index (χ1) is 4.20. The van der Waals surface area contributed by atoms with Crippen LogP contribution in [-0.4, -0.2) is 10.2 Å². The molecule has 0 aliphatic rings. The van der Waals surface area contributed by atoms with Crippen molar-refractivity contribution < 1.29 is 0 Å². The lowest BCUT2D eigenvalue weighted by Crippen LogP contribution is -1.85. The van der Waals surface area contributed by atoms with Crippen molar-refractivity contribution >= 4 is 23.2 Å². The molecule has 0 bridgehead atoms. The van der Waals surface area contributed by atoms with Crippen molar-refractivity contribution in [3.8, 4) is 0 Å². The molecule has 1 rings (SSSR count). The number of aromatic nitrogens is 2. The van der Waals surface area contributed by atoms with E-state index in [4.69, 9.17) is 23.2 Å². The number of hydrogen-bond donors (Lipinski definition) is 0. The van der Waals surface area contributed by atoms with E-state index in [-0.39, 0.29) is 0 Å². The molecule has 1 aromatic rings. The van der Waals surface area contributed by atoms with Gasteiger partial charge in [-0.1, -0.05) is 23.2 Å². The van der Waals surface area contributed by atoms with E-state index in [1.165, 1.54) is 0 Å². The Labute approximate surface area is 62.8 Å². The topological polar surface area (TPSA) is 25.8 Å². The van der Waals surface area contributed by atoms with Gasteiger partial charge in [0, 0.05) is 0 Å². The third-order valence-electron chi connectivity index (χ3n) is 0.894. The van der Waals surface area contributed by atoms with Gasteiger partial charge in [0.2, 0.25) is 0 Å². The van der Waals surface area contributed by atoms with Crippen LogP contribution in [0.3, 0.4) is 0 Å². The third kappa shape index (κ3) is 1.53. The summed E-state index contributed by atoms with van der Waals surface area (Å²) in [4.78, 5) is 0. The van der Waals surface area contributed by atoms with Crippen molar-refractivity contribution in [2.45, 2.75) is 6.92 Å². The van der Waals surface area contributed by atoms with Crippen LogP contribution < -0.4 is 0 Å². The summed E-state index contributed by atoms with van der Waals surface area (Å²) in [5.74, 6) is 0. The van der Waals surface area contributed by atoms with Crippen LogP contribution in [0.1, 0.15) is 5.56 Å². The van der Waals surface area contributed by atoms with Crippen molar-refractivity contribution in [3.63, 3.8) is 0 Å². The van der Waals surface area contributed by atoms with E-state index in [0.29, 0.717) is 10.3 Å². The average molecular weight is 163 g/mol. The minimum absolute atomic E-state index is 0.372. The molecule has 0 amide bonds. The first-order valence-corrected chi connectivity index (χ1v) is 3.11. The maximum atomic E-state index is 5.55. The van der Waals surface area contributed by atoms with E-state index in [0.717, 1.165) is 5.56 Å². The monoisotopic (exact) mass is 162 g/mol. The van der Waals surface area contributed by atoms with Gasteiger partial charge in [-0.15, -0.1) is 10.2 Å². The first-order valence-electron chi connectivity index (χ1n) is 2.35. The number of hydrogen-bond acceptors (Lipinski definition) is 2. The molecule has 0 aliphatic heterocycles. The Morgan fingerprint density at radius 3 is 2.44 bits per heavy atom. The van der Waals surface area contributed by atoms with Gasteiger partial charge in [-0.05, 0) is 18.6 Å². The van der Waals surface area contributed by atoms with E-state index in [1.807, 2.05) is 6.92 Å². The summed E-state index contributed by atoms with van der Waals surface area (Å²) in [6.45, 7) is 1.82. The summed E-state index contributed by atoms with van der Waals surface area (Å²) in [7, 11) is 0. The molecule has 0 fully saturated rings. The van der Waals surface area contributed by atoms with E-state index < -0.39 is 0 Å². The highest BCUT2D eigenvalue weighted by Crippen LogP contribution is 2.12. The number of halogens is 2. The summed E-state index contributed by atoms with van der Waals surface area (Å²) >= 11 is 11.0. The van der Waals surface area contributed by atoms with Gasteiger partial charge in [0.25, 0.3) is 0 Å². The van der Waals surface area contributed by atoms with Crippen LogP contribution in [0, 0.1) is 6.92 Å². The van der Waals surface area contributed by atoms with Gasteiger partial charge in [0.15, 0.2) is 10.3 Å². The standard InChI is InChI=1S/C5H4Cl2N2/c1-3-2-4(6)8-9-5(3)7/h2H,1H3. The second-order valence-corrected chi connectivity index (χ2v) is 2.39. The minimum Gasteiger partial charge on any atom is -0.137 e. The van der Waals surface area contributed by atoms with Crippen LogP contribution in [0.5, 0.6) is 0 Å². The van der Waals surface area contributed by atoms with Crippen molar-refractivity contribution in [2.24, 2.45) is 0 Å². The molecule has 0 radical (unpaired) electrons. The molecule has 48 valence electrons. The van der Waals surface area contributed by atoms with Crippen molar-refractivity contribution in [3.05, 3.63) is 21.9 Å². The van der Waals surface area contributed by atoms with Crippen LogP contribution in [0.4, 0.5) is 0 Å². The van der Waals surface area contributed by atoms with Gasteiger partial charge < -0.3 is 0 Å². The molecule has 0 aromatic carbocycles. The second kappa shape index (κ2) is 2.50. The molecular formula is C5H4Cl2N2. The highest BCUT2D eigenvalue weighted by molar-refractivity contribution is 6.31. The van der Waals surface area contributed by atoms with E-state index in [2.05, 4.69) is 10.2 Å². The number of nitrogens with zero attached hydrogens (tertiary/aromatic N) is 2. The number of rotatable bonds is 0. The Morgan fingerprint density at radius 1 is 1.33 bits per heavy atom. The molecule has 1 heterocycles. The predicted octanol–water partition coefficient (Wildman–Crippen LogP) is 2.09. The fraction of sp³-hybridized carbons (Fsp3) is 0.200. The zero-order chi connectivity index (χ0) is 6.85. The van der Waals surface area contributed by atoms with Gasteiger partial charge in [0.1, 0.15) is 0 Å². The smallest absolute Gasteiger partial charge is 0.137 e. The maximum Gasteiger partial charge on any atom is 0.154 e. The fourth-order valence-corrected chi connectivity index (χ4v) is 0.731. The van der Waals surface area contributed by atoms with Crippen molar-refractivity contribution in [2.75, 3.05) is 0 Å². The van der Waals surface area contributed by atoms with Gasteiger partial charge in [-0.3, -0.25) is 0 Å². The maximum absolute atomic E-state index is 5.55. The Kier molecular flexibility index (Phi) is 1.88. The van der Waals surface area contributed by atoms with Crippen LogP contribution in [-0.2, 0) is 0 Å². The Balaban J connectivity index is 3.17. The zero-order valence-electron chi connectivity index (χ0n) is 4.73. The SMILES string of the molecule is Cc1cc(Cl)nnc1Cl. The Hall–Kier alpha value is -0.340. The molecular weight excluding hydrogens is 159 g/mol. The average Bonchev–Trinajstić information content (AvgIpc) is 1.80.